The van der Waals surface area contributed by atoms with E-state index in [-0.39, 0.29) is 6.61 Å². The van der Waals surface area contributed by atoms with Crippen LogP contribution in [0.3, 0.4) is 0 Å². The number of aliphatic hydroxyl groups excluding tert-OH is 2. The van der Waals surface area contributed by atoms with Gasteiger partial charge >= 0.3 is 0 Å². The summed E-state index contributed by atoms with van der Waals surface area (Å²) in [6.07, 6.45) is -0.825. The Morgan fingerprint density at radius 1 is 1.05 bits per heavy atom. The predicted molar refractivity (Wildman–Crippen MR) is 71.3 cm³/mol. The highest BCUT2D eigenvalue weighted by molar-refractivity contribution is 5.20. The minimum absolute atomic E-state index is 0.150. The van der Waals surface area contributed by atoms with Crippen molar-refractivity contribution < 1.29 is 19.0 Å². The molecule has 1 aliphatic rings. The van der Waals surface area contributed by atoms with E-state index in [0.717, 1.165) is 38.3 Å². The number of halogens is 2. The molecule has 1 heterocycles. The molecule has 1 fully saturated rings. The molecule has 1 aromatic rings. The fourth-order valence-electron chi connectivity index (χ4n) is 2.41. The van der Waals surface area contributed by atoms with Gasteiger partial charge in [-0.1, -0.05) is 6.07 Å². The van der Waals surface area contributed by atoms with Crippen LogP contribution in [-0.2, 0) is 0 Å². The minimum atomic E-state index is -0.936. The summed E-state index contributed by atoms with van der Waals surface area (Å²) in [5.41, 5.74) is 0.390. The fourth-order valence-corrected chi connectivity index (χ4v) is 2.41. The zero-order chi connectivity index (χ0) is 14.5. The summed E-state index contributed by atoms with van der Waals surface area (Å²) in [5, 5.41) is 18.9. The number of hydrogen-bond donors (Lipinski definition) is 2. The van der Waals surface area contributed by atoms with Gasteiger partial charge in [0.1, 0.15) is 0 Å². The third kappa shape index (κ3) is 3.96. The third-order valence-corrected chi connectivity index (χ3v) is 3.64. The SMILES string of the molecule is OCCN1CCN(C[C@@H](O)c2ccc(F)c(F)c2)CC1. The molecule has 1 saturated heterocycles. The summed E-state index contributed by atoms with van der Waals surface area (Å²) >= 11 is 0. The van der Waals surface area contributed by atoms with Gasteiger partial charge in [-0.05, 0) is 17.7 Å². The molecule has 0 unspecified atom stereocenters. The first-order chi connectivity index (χ1) is 9.60. The Morgan fingerprint density at radius 3 is 2.30 bits per heavy atom. The van der Waals surface area contributed by atoms with Crippen molar-refractivity contribution in [3.63, 3.8) is 0 Å². The summed E-state index contributed by atoms with van der Waals surface area (Å²) < 4.78 is 26.0. The standard InChI is InChI=1S/C14H20F2N2O2/c15-12-2-1-11(9-13(12)16)14(20)10-18-5-3-17(4-6-18)7-8-19/h1-2,9,14,19-20H,3-8,10H2/t14-/m1/s1. The lowest BCUT2D eigenvalue weighted by molar-refractivity contribution is 0.0659. The molecule has 0 saturated carbocycles. The van der Waals surface area contributed by atoms with Crippen molar-refractivity contribution in [3.8, 4) is 0 Å². The Kier molecular flexibility index (Phi) is 5.42. The van der Waals surface area contributed by atoms with Crippen LogP contribution in [0.25, 0.3) is 0 Å². The normalized spacial score (nSPS) is 19.2. The lowest BCUT2D eigenvalue weighted by atomic mass is 10.1. The summed E-state index contributed by atoms with van der Waals surface area (Å²) in [6, 6.07) is 3.49. The molecule has 0 spiro atoms. The lowest BCUT2D eigenvalue weighted by Gasteiger charge is -2.35. The van der Waals surface area contributed by atoms with Gasteiger partial charge in [-0.3, -0.25) is 9.80 Å². The number of nitrogens with zero attached hydrogens (tertiary/aromatic N) is 2. The maximum atomic E-state index is 13.1. The van der Waals surface area contributed by atoms with Crippen molar-refractivity contribution >= 4 is 0 Å². The molecule has 0 radical (unpaired) electrons. The van der Waals surface area contributed by atoms with E-state index < -0.39 is 17.7 Å². The van der Waals surface area contributed by atoms with Gasteiger partial charge in [0.05, 0.1) is 12.7 Å². The first-order valence-electron chi connectivity index (χ1n) is 6.78. The molecule has 4 nitrogen and oxygen atoms in total. The van der Waals surface area contributed by atoms with Gasteiger partial charge in [0.15, 0.2) is 11.6 Å². The van der Waals surface area contributed by atoms with Gasteiger partial charge in [-0.15, -0.1) is 0 Å². The van der Waals surface area contributed by atoms with Crippen LogP contribution in [0.1, 0.15) is 11.7 Å². The van der Waals surface area contributed by atoms with Gasteiger partial charge in [-0.2, -0.15) is 0 Å². The second-order valence-corrected chi connectivity index (χ2v) is 5.06. The van der Waals surface area contributed by atoms with E-state index in [1.54, 1.807) is 0 Å². The summed E-state index contributed by atoms with van der Waals surface area (Å²) in [7, 11) is 0. The molecule has 6 heteroatoms. The van der Waals surface area contributed by atoms with E-state index in [9.17, 15) is 13.9 Å². The third-order valence-electron chi connectivity index (χ3n) is 3.64. The van der Waals surface area contributed by atoms with Gasteiger partial charge in [-0.25, -0.2) is 8.78 Å². The maximum absolute atomic E-state index is 13.1. The number of rotatable bonds is 5. The van der Waals surface area contributed by atoms with Crippen LogP contribution in [0.4, 0.5) is 8.78 Å². The van der Waals surface area contributed by atoms with Crippen molar-refractivity contribution in [3.05, 3.63) is 35.4 Å². The monoisotopic (exact) mass is 286 g/mol. The first kappa shape index (κ1) is 15.3. The van der Waals surface area contributed by atoms with Crippen LogP contribution >= 0.6 is 0 Å². The van der Waals surface area contributed by atoms with Crippen LogP contribution in [0.5, 0.6) is 0 Å². The van der Waals surface area contributed by atoms with Gasteiger partial charge < -0.3 is 10.2 Å². The van der Waals surface area contributed by atoms with Gasteiger partial charge in [0.2, 0.25) is 0 Å². The number of piperazine rings is 1. The summed E-state index contributed by atoms with van der Waals surface area (Å²) in [5.74, 6) is -1.84. The maximum Gasteiger partial charge on any atom is 0.159 e. The van der Waals surface area contributed by atoms with Crippen LogP contribution in [0, 0.1) is 11.6 Å². The molecular weight excluding hydrogens is 266 g/mol. The van der Waals surface area contributed by atoms with Crippen LogP contribution in [0.15, 0.2) is 18.2 Å². The summed E-state index contributed by atoms with van der Waals surface area (Å²) in [4.78, 5) is 4.24. The topological polar surface area (TPSA) is 46.9 Å². The van der Waals surface area contributed by atoms with Crippen molar-refractivity contribution in [2.45, 2.75) is 6.10 Å². The largest absolute Gasteiger partial charge is 0.395 e. The van der Waals surface area contributed by atoms with Gasteiger partial charge in [0, 0.05) is 39.3 Å². The van der Waals surface area contributed by atoms with E-state index in [0.29, 0.717) is 18.7 Å². The smallest absolute Gasteiger partial charge is 0.159 e. The molecule has 1 aromatic carbocycles. The quantitative estimate of drug-likeness (QED) is 0.832. The highest BCUT2D eigenvalue weighted by Gasteiger charge is 2.20. The van der Waals surface area contributed by atoms with E-state index >= 15 is 0 Å². The predicted octanol–water partition coefficient (Wildman–Crippen LogP) is 0.608. The Hall–Kier alpha value is -1.08. The van der Waals surface area contributed by atoms with E-state index in [4.69, 9.17) is 5.11 Å². The van der Waals surface area contributed by atoms with Crippen molar-refractivity contribution in [1.82, 2.24) is 9.80 Å². The second-order valence-electron chi connectivity index (χ2n) is 5.06. The Bertz CT molecular complexity index is 437. The molecule has 20 heavy (non-hydrogen) atoms. The molecule has 2 N–H and O–H groups in total. The molecule has 0 aromatic heterocycles. The Morgan fingerprint density at radius 2 is 1.70 bits per heavy atom. The molecule has 0 aliphatic carbocycles. The molecule has 1 aliphatic heterocycles. The lowest BCUT2D eigenvalue weighted by Crippen LogP contribution is -2.48. The average molecular weight is 286 g/mol. The number of aliphatic hydroxyl groups is 2. The minimum Gasteiger partial charge on any atom is -0.395 e. The van der Waals surface area contributed by atoms with Gasteiger partial charge in [0.25, 0.3) is 0 Å². The summed E-state index contributed by atoms with van der Waals surface area (Å²) in [6.45, 7) is 4.48. The fraction of sp³-hybridized carbons (Fsp3) is 0.571. The van der Waals surface area contributed by atoms with E-state index in [2.05, 4.69) is 9.80 Å². The second kappa shape index (κ2) is 7.08. The highest BCUT2D eigenvalue weighted by atomic mass is 19.2. The van der Waals surface area contributed by atoms with Crippen molar-refractivity contribution in [2.24, 2.45) is 0 Å². The van der Waals surface area contributed by atoms with Crippen LogP contribution in [0.2, 0.25) is 0 Å². The molecule has 2 rings (SSSR count). The Balaban J connectivity index is 1.85. The number of benzene rings is 1. The molecular formula is C14H20F2N2O2. The van der Waals surface area contributed by atoms with E-state index in [1.165, 1.54) is 6.07 Å². The van der Waals surface area contributed by atoms with Crippen LogP contribution < -0.4 is 0 Å². The molecule has 1 atom stereocenters. The molecule has 0 amide bonds. The highest BCUT2D eigenvalue weighted by Crippen LogP contribution is 2.18. The Labute approximate surface area is 117 Å². The zero-order valence-electron chi connectivity index (χ0n) is 11.3. The van der Waals surface area contributed by atoms with Crippen LogP contribution in [-0.4, -0.2) is 65.9 Å². The van der Waals surface area contributed by atoms with Crippen molar-refractivity contribution in [2.75, 3.05) is 45.9 Å². The molecule has 0 bridgehead atoms. The first-order valence-corrected chi connectivity index (χ1v) is 6.78. The number of hydrogen-bond acceptors (Lipinski definition) is 4. The number of β-amino-alcohol motifs (C(OH)–C–C–N with tert-alkyl or cyclic N) is 2. The van der Waals surface area contributed by atoms with Crippen molar-refractivity contribution in [1.29, 1.82) is 0 Å². The average Bonchev–Trinajstić information content (AvgIpc) is 2.44. The van der Waals surface area contributed by atoms with E-state index in [1.807, 2.05) is 0 Å². The molecule has 112 valence electrons. The zero-order valence-corrected chi connectivity index (χ0v) is 11.3.